The number of anilines is 2. The molecule has 0 saturated carbocycles. The van der Waals surface area contributed by atoms with Crippen molar-refractivity contribution in [1.29, 1.82) is 0 Å². The van der Waals surface area contributed by atoms with Gasteiger partial charge in [0.15, 0.2) is 5.65 Å². The summed E-state index contributed by atoms with van der Waals surface area (Å²) in [5.41, 5.74) is 2.05. The molecule has 0 aliphatic heterocycles. The number of nitrogens with one attached hydrogen (secondary N) is 1. The lowest BCUT2D eigenvalue weighted by Gasteiger charge is -2.13. The van der Waals surface area contributed by atoms with Gasteiger partial charge in [0.2, 0.25) is 5.88 Å². The Balaban J connectivity index is 1.86. The molecule has 0 fully saturated rings. The highest BCUT2D eigenvalue weighted by molar-refractivity contribution is 6.04. The Bertz CT molecular complexity index is 893. The maximum absolute atomic E-state index is 12.4. The normalized spacial score (nSPS) is 10.5. The molecule has 0 spiro atoms. The summed E-state index contributed by atoms with van der Waals surface area (Å²) in [7, 11) is 5.42. The number of carbonyl (C=O) groups is 1. The predicted molar refractivity (Wildman–Crippen MR) is 94.8 cm³/mol. The lowest BCUT2D eigenvalue weighted by molar-refractivity contribution is 0.102. The molecule has 3 rings (SSSR count). The molecule has 0 bridgehead atoms. The van der Waals surface area contributed by atoms with Gasteiger partial charge >= 0.3 is 0 Å². The first-order valence-electron chi connectivity index (χ1n) is 7.47. The van der Waals surface area contributed by atoms with Crippen LogP contribution in [0, 0.1) is 0 Å². The van der Waals surface area contributed by atoms with Gasteiger partial charge in [0.1, 0.15) is 5.82 Å². The molecule has 6 nitrogen and oxygen atoms in total. The van der Waals surface area contributed by atoms with E-state index in [1.807, 2.05) is 49.3 Å². The Kier molecular flexibility index (Phi) is 4.29. The van der Waals surface area contributed by atoms with Crippen LogP contribution in [0.15, 0.2) is 48.5 Å². The Morgan fingerprint density at radius 2 is 1.88 bits per heavy atom. The average molecular weight is 322 g/mol. The zero-order chi connectivity index (χ0) is 17.1. The number of benzene rings is 1. The first-order chi connectivity index (χ1) is 11.6. The number of hydrogen-bond acceptors (Lipinski definition) is 5. The molecule has 3 aromatic rings. The first kappa shape index (κ1) is 15.7. The van der Waals surface area contributed by atoms with E-state index < -0.39 is 0 Å². The molecule has 0 atom stereocenters. The van der Waals surface area contributed by atoms with Crippen LogP contribution in [0.25, 0.3) is 11.0 Å². The summed E-state index contributed by atoms with van der Waals surface area (Å²) < 4.78 is 5.11. The van der Waals surface area contributed by atoms with Crippen LogP contribution in [0.2, 0.25) is 0 Å². The molecular formula is C18H18N4O2. The van der Waals surface area contributed by atoms with Crippen molar-refractivity contribution >= 4 is 28.4 Å². The highest BCUT2D eigenvalue weighted by Crippen LogP contribution is 2.18. The van der Waals surface area contributed by atoms with Crippen LogP contribution in [0.4, 0.5) is 11.5 Å². The van der Waals surface area contributed by atoms with Gasteiger partial charge in [0.05, 0.1) is 7.11 Å². The smallest absolute Gasteiger partial charge is 0.256 e. The summed E-state index contributed by atoms with van der Waals surface area (Å²) in [5.74, 6) is 0.717. The van der Waals surface area contributed by atoms with Gasteiger partial charge < -0.3 is 15.0 Å². The molecule has 1 aromatic carbocycles. The number of amides is 1. The number of rotatable bonds is 4. The van der Waals surface area contributed by atoms with Crippen LogP contribution in [0.1, 0.15) is 10.4 Å². The monoisotopic (exact) mass is 322 g/mol. The maximum Gasteiger partial charge on any atom is 0.256 e. The molecule has 1 N–H and O–H groups in total. The van der Waals surface area contributed by atoms with E-state index in [9.17, 15) is 4.79 Å². The first-order valence-corrected chi connectivity index (χ1v) is 7.47. The largest absolute Gasteiger partial charge is 0.481 e. The van der Waals surface area contributed by atoms with E-state index in [-0.39, 0.29) is 5.91 Å². The molecule has 2 aromatic heterocycles. The number of carbonyl (C=O) groups excluding carboxylic acids is 1. The SMILES string of the molecule is COc1ccc2ccc(NC(=O)c3cccc(N(C)C)c3)nc2n1. The lowest BCUT2D eigenvalue weighted by Crippen LogP contribution is -2.15. The van der Waals surface area contributed by atoms with E-state index in [2.05, 4.69) is 15.3 Å². The van der Waals surface area contributed by atoms with Crippen molar-refractivity contribution in [1.82, 2.24) is 9.97 Å². The molecule has 0 aliphatic carbocycles. The van der Waals surface area contributed by atoms with Crippen LogP contribution in [-0.4, -0.2) is 37.1 Å². The van der Waals surface area contributed by atoms with E-state index in [0.29, 0.717) is 22.9 Å². The van der Waals surface area contributed by atoms with Crippen LogP contribution >= 0.6 is 0 Å². The minimum Gasteiger partial charge on any atom is -0.481 e. The fraction of sp³-hybridized carbons (Fsp3) is 0.167. The predicted octanol–water partition coefficient (Wildman–Crippen LogP) is 2.96. The Hall–Kier alpha value is -3.15. The van der Waals surface area contributed by atoms with Gasteiger partial charge in [-0.15, -0.1) is 0 Å². The van der Waals surface area contributed by atoms with E-state index in [1.54, 1.807) is 25.3 Å². The van der Waals surface area contributed by atoms with Gasteiger partial charge in [-0.25, -0.2) is 4.98 Å². The van der Waals surface area contributed by atoms with Gasteiger partial charge in [-0.2, -0.15) is 4.98 Å². The standard InChI is InChI=1S/C18H18N4O2/c1-22(2)14-6-4-5-13(11-14)18(23)20-15-9-7-12-8-10-16(24-3)21-17(12)19-15/h4-11H,1-3H3,(H,19,20,21,23). The van der Waals surface area contributed by atoms with Crippen molar-refractivity contribution in [2.75, 3.05) is 31.4 Å². The van der Waals surface area contributed by atoms with Crippen LogP contribution in [0.3, 0.4) is 0 Å². The number of hydrogen-bond donors (Lipinski definition) is 1. The van der Waals surface area contributed by atoms with Crippen molar-refractivity contribution in [3.05, 3.63) is 54.1 Å². The summed E-state index contributed by atoms with van der Waals surface area (Å²) in [5, 5.41) is 3.68. The zero-order valence-electron chi connectivity index (χ0n) is 13.8. The summed E-state index contributed by atoms with van der Waals surface area (Å²) in [6.07, 6.45) is 0. The fourth-order valence-electron chi connectivity index (χ4n) is 2.28. The van der Waals surface area contributed by atoms with E-state index in [4.69, 9.17) is 4.74 Å². The third kappa shape index (κ3) is 3.27. The van der Waals surface area contributed by atoms with Crippen molar-refractivity contribution in [2.45, 2.75) is 0 Å². The van der Waals surface area contributed by atoms with Gasteiger partial charge in [-0.05, 0) is 36.4 Å². The second kappa shape index (κ2) is 6.54. The Morgan fingerprint density at radius 3 is 2.62 bits per heavy atom. The van der Waals surface area contributed by atoms with Gasteiger partial charge in [-0.1, -0.05) is 6.07 Å². The second-order valence-electron chi connectivity index (χ2n) is 5.50. The summed E-state index contributed by atoms with van der Waals surface area (Å²) in [4.78, 5) is 23.0. The van der Waals surface area contributed by atoms with E-state index in [1.165, 1.54) is 0 Å². The molecule has 1 amide bonds. The molecular weight excluding hydrogens is 304 g/mol. The summed E-state index contributed by atoms with van der Waals surface area (Å²) in [6.45, 7) is 0. The Labute approximate surface area is 140 Å². The number of methoxy groups -OCH3 is 1. The molecule has 24 heavy (non-hydrogen) atoms. The topological polar surface area (TPSA) is 67.3 Å². The van der Waals surface area contributed by atoms with Gasteiger partial charge in [0.25, 0.3) is 5.91 Å². The van der Waals surface area contributed by atoms with Crippen LogP contribution < -0.4 is 15.0 Å². The third-order valence-electron chi connectivity index (χ3n) is 3.60. The lowest BCUT2D eigenvalue weighted by atomic mass is 10.2. The molecule has 0 unspecified atom stereocenters. The zero-order valence-corrected chi connectivity index (χ0v) is 13.8. The quantitative estimate of drug-likeness (QED) is 0.800. The molecule has 122 valence electrons. The Morgan fingerprint density at radius 1 is 1.08 bits per heavy atom. The number of aromatic nitrogens is 2. The van der Waals surface area contributed by atoms with Crippen molar-refractivity contribution in [3.63, 3.8) is 0 Å². The number of nitrogens with zero attached hydrogens (tertiary/aromatic N) is 3. The van der Waals surface area contributed by atoms with E-state index in [0.717, 1.165) is 11.1 Å². The molecule has 6 heteroatoms. The van der Waals surface area contributed by atoms with E-state index >= 15 is 0 Å². The highest BCUT2D eigenvalue weighted by atomic mass is 16.5. The molecule has 0 radical (unpaired) electrons. The van der Waals surface area contributed by atoms with Crippen molar-refractivity contribution in [2.24, 2.45) is 0 Å². The number of pyridine rings is 2. The minimum absolute atomic E-state index is 0.214. The summed E-state index contributed by atoms with van der Waals surface area (Å²) in [6, 6.07) is 14.7. The highest BCUT2D eigenvalue weighted by Gasteiger charge is 2.09. The number of ether oxygens (including phenoxy) is 1. The minimum atomic E-state index is -0.214. The second-order valence-corrected chi connectivity index (χ2v) is 5.50. The molecule has 0 saturated heterocycles. The molecule has 0 aliphatic rings. The van der Waals surface area contributed by atoms with Crippen molar-refractivity contribution < 1.29 is 9.53 Å². The van der Waals surface area contributed by atoms with Gasteiger partial charge in [0, 0.05) is 36.8 Å². The maximum atomic E-state index is 12.4. The summed E-state index contributed by atoms with van der Waals surface area (Å²) >= 11 is 0. The van der Waals surface area contributed by atoms with Crippen LogP contribution in [0.5, 0.6) is 5.88 Å². The third-order valence-corrected chi connectivity index (χ3v) is 3.60. The van der Waals surface area contributed by atoms with Crippen LogP contribution in [-0.2, 0) is 0 Å². The van der Waals surface area contributed by atoms with Crippen molar-refractivity contribution in [3.8, 4) is 5.88 Å². The average Bonchev–Trinajstić information content (AvgIpc) is 2.61. The molecule has 2 heterocycles. The van der Waals surface area contributed by atoms with Gasteiger partial charge in [-0.3, -0.25) is 4.79 Å². The fourth-order valence-corrected chi connectivity index (χ4v) is 2.28. The number of fused-ring (bicyclic) bond motifs is 1.